The van der Waals surface area contributed by atoms with Gasteiger partial charge in [-0.3, -0.25) is 0 Å². The number of hydrogen-bond donors (Lipinski definition) is 1. The van der Waals surface area contributed by atoms with E-state index in [2.05, 4.69) is 45.2 Å². The van der Waals surface area contributed by atoms with Gasteiger partial charge in [-0.15, -0.1) is 0 Å². The zero-order valence-electron chi connectivity index (χ0n) is 7.38. The molecule has 0 unspecified atom stereocenters. The van der Waals surface area contributed by atoms with E-state index in [4.69, 9.17) is 9.84 Å². The number of aromatic carboxylic acids is 1. The van der Waals surface area contributed by atoms with E-state index in [-0.39, 0.29) is 0 Å². The molecule has 1 rings (SSSR count). The molecule has 0 fully saturated rings. The fourth-order valence-electron chi connectivity index (χ4n) is 0.966. The van der Waals surface area contributed by atoms with Crippen molar-refractivity contribution in [2.75, 3.05) is 6.61 Å². The number of rotatable bonds is 3. The van der Waals surface area contributed by atoms with Crippen LogP contribution in [0.5, 0.6) is 5.75 Å². The molecule has 1 aromatic carbocycles. The van der Waals surface area contributed by atoms with Gasteiger partial charge in [0.05, 0.1) is 19.3 Å². The number of halogens is 2. The summed E-state index contributed by atoms with van der Waals surface area (Å²) in [4.78, 5) is 10.7. The molecule has 0 aromatic heterocycles. The van der Waals surface area contributed by atoms with Crippen molar-refractivity contribution < 1.29 is 14.6 Å². The number of benzene rings is 1. The van der Waals surface area contributed by atoms with E-state index in [0.717, 1.165) is 12.9 Å². The molecule has 5 heteroatoms. The average molecular weight is 418 g/mol. The van der Waals surface area contributed by atoms with E-state index in [1.807, 2.05) is 6.92 Å². The molecule has 3 nitrogen and oxygen atoms in total. The van der Waals surface area contributed by atoms with Crippen molar-refractivity contribution >= 4 is 51.2 Å². The van der Waals surface area contributed by atoms with Crippen LogP contribution in [0.3, 0.4) is 0 Å². The molecule has 0 aliphatic carbocycles. The van der Waals surface area contributed by atoms with Crippen molar-refractivity contribution in [1.82, 2.24) is 0 Å². The van der Waals surface area contributed by atoms with Crippen LogP contribution in [0, 0.1) is 7.14 Å². The molecular weight excluding hydrogens is 410 g/mol. The maximum atomic E-state index is 10.7. The quantitative estimate of drug-likeness (QED) is 0.769. The van der Waals surface area contributed by atoms with Gasteiger partial charge >= 0.3 is 5.97 Å². The van der Waals surface area contributed by atoms with Gasteiger partial charge in [-0.2, -0.15) is 0 Å². The molecular formula is C9H8I2O3. The smallest absolute Gasteiger partial charge is 0.335 e. The number of carbonyl (C=O) groups is 1. The Bertz CT molecular complexity index is 340. The highest BCUT2D eigenvalue weighted by atomic mass is 127. The Hall–Kier alpha value is -0.0500. The first-order valence-electron chi connectivity index (χ1n) is 3.91. The zero-order valence-corrected chi connectivity index (χ0v) is 11.7. The van der Waals surface area contributed by atoms with Crippen molar-refractivity contribution in [3.63, 3.8) is 0 Å². The third kappa shape index (κ3) is 2.72. The lowest BCUT2D eigenvalue weighted by molar-refractivity contribution is 0.0696. The van der Waals surface area contributed by atoms with Gasteiger partial charge in [0.2, 0.25) is 0 Å². The van der Waals surface area contributed by atoms with Gasteiger partial charge in [-0.05, 0) is 64.2 Å². The highest BCUT2D eigenvalue weighted by Crippen LogP contribution is 2.28. The molecule has 0 bridgehead atoms. The third-order valence-electron chi connectivity index (χ3n) is 1.53. The van der Waals surface area contributed by atoms with Gasteiger partial charge < -0.3 is 9.84 Å². The number of hydrogen-bond acceptors (Lipinski definition) is 2. The summed E-state index contributed by atoms with van der Waals surface area (Å²) in [6.45, 7) is 2.48. The van der Waals surface area contributed by atoms with E-state index in [0.29, 0.717) is 12.2 Å². The van der Waals surface area contributed by atoms with E-state index < -0.39 is 5.97 Å². The second-order valence-electron chi connectivity index (χ2n) is 2.51. The number of carboxylic acids is 1. The molecule has 14 heavy (non-hydrogen) atoms. The summed E-state index contributed by atoms with van der Waals surface area (Å²) in [6.07, 6.45) is 0. The lowest BCUT2D eigenvalue weighted by Crippen LogP contribution is -2.02. The van der Waals surface area contributed by atoms with Gasteiger partial charge in [0.1, 0.15) is 5.75 Å². The summed E-state index contributed by atoms with van der Waals surface area (Å²) in [5, 5.41) is 8.81. The first kappa shape index (κ1) is 12.0. The molecule has 0 amide bonds. The van der Waals surface area contributed by atoms with Crippen molar-refractivity contribution in [1.29, 1.82) is 0 Å². The minimum atomic E-state index is -0.913. The van der Waals surface area contributed by atoms with E-state index in [1.165, 1.54) is 0 Å². The SMILES string of the molecule is CCOc1c(I)cc(C(=O)O)cc1I. The Morgan fingerprint density at radius 2 is 1.93 bits per heavy atom. The van der Waals surface area contributed by atoms with Gasteiger partial charge in [0.25, 0.3) is 0 Å². The second kappa shape index (κ2) is 5.15. The van der Waals surface area contributed by atoms with Crippen molar-refractivity contribution in [2.45, 2.75) is 6.92 Å². The first-order valence-corrected chi connectivity index (χ1v) is 6.07. The highest BCUT2D eigenvalue weighted by molar-refractivity contribution is 14.1. The Morgan fingerprint density at radius 1 is 1.43 bits per heavy atom. The first-order chi connectivity index (χ1) is 6.56. The van der Waals surface area contributed by atoms with Crippen LogP contribution in [0.2, 0.25) is 0 Å². The summed E-state index contributed by atoms with van der Waals surface area (Å²) in [5.74, 6) is -0.150. The average Bonchev–Trinajstić information content (AvgIpc) is 2.10. The van der Waals surface area contributed by atoms with Crippen LogP contribution in [0.25, 0.3) is 0 Å². The predicted molar refractivity (Wildman–Crippen MR) is 70.0 cm³/mol. The Kier molecular flexibility index (Phi) is 4.42. The third-order valence-corrected chi connectivity index (χ3v) is 3.14. The second-order valence-corrected chi connectivity index (χ2v) is 4.83. The molecule has 0 saturated carbocycles. The molecule has 0 saturated heterocycles. The normalized spacial score (nSPS) is 9.93. The Morgan fingerprint density at radius 3 is 2.29 bits per heavy atom. The summed E-state index contributed by atoms with van der Waals surface area (Å²) in [6, 6.07) is 3.21. The monoisotopic (exact) mass is 418 g/mol. The number of carboxylic acid groups (broad SMARTS) is 1. The predicted octanol–water partition coefficient (Wildman–Crippen LogP) is 2.99. The fourth-order valence-corrected chi connectivity index (χ4v) is 3.05. The van der Waals surface area contributed by atoms with Gasteiger partial charge in [0.15, 0.2) is 0 Å². The maximum Gasteiger partial charge on any atom is 0.335 e. The topological polar surface area (TPSA) is 46.5 Å². The van der Waals surface area contributed by atoms with Crippen LogP contribution < -0.4 is 4.74 Å². The van der Waals surface area contributed by atoms with E-state index in [9.17, 15) is 4.79 Å². The standard InChI is InChI=1S/C9H8I2O3/c1-2-14-8-6(10)3-5(9(12)13)4-7(8)11/h3-4H,2H2,1H3,(H,12,13). The number of ether oxygens (including phenoxy) is 1. The van der Waals surface area contributed by atoms with Crippen molar-refractivity contribution in [2.24, 2.45) is 0 Å². The van der Waals surface area contributed by atoms with E-state index >= 15 is 0 Å². The summed E-state index contributed by atoms with van der Waals surface area (Å²) in [7, 11) is 0. The minimum Gasteiger partial charge on any atom is -0.492 e. The van der Waals surface area contributed by atoms with Crippen LogP contribution in [-0.2, 0) is 0 Å². The van der Waals surface area contributed by atoms with Gasteiger partial charge in [-0.25, -0.2) is 4.79 Å². The molecule has 0 atom stereocenters. The summed E-state index contributed by atoms with van der Waals surface area (Å²) in [5.41, 5.74) is 0.294. The highest BCUT2D eigenvalue weighted by Gasteiger charge is 2.11. The largest absolute Gasteiger partial charge is 0.492 e. The molecule has 0 radical (unpaired) electrons. The van der Waals surface area contributed by atoms with Crippen molar-refractivity contribution in [3.05, 3.63) is 24.8 Å². The Labute approximate surface area is 109 Å². The summed E-state index contributed by atoms with van der Waals surface area (Å²) < 4.78 is 7.05. The minimum absolute atomic E-state index is 0.294. The van der Waals surface area contributed by atoms with E-state index in [1.54, 1.807) is 12.1 Å². The molecule has 0 aliphatic rings. The van der Waals surface area contributed by atoms with Crippen LogP contribution in [-0.4, -0.2) is 17.7 Å². The zero-order chi connectivity index (χ0) is 10.7. The maximum absolute atomic E-state index is 10.7. The molecule has 0 aliphatic heterocycles. The molecule has 1 N–H and O–H groups in total. The van der Waals surface area contributed by atoms with Crippen molar-refractivity contribution in [3.8, 4) is 5.75 Å². The Balaban J connectivity index is 3.18. The fraction of sp³-hybridized carbons (Fsp3) is 0.222. The van der Waals surface area contributed by atoms with Gasteiger partial charge in [0, 0.05) is 0 Å². The van der Waals surface area contributed by atoms with Crippen LogP contribution >= 0.6 is 45.2 Å². The molecule has 1 aromatic rings. The molecule has 76 valence electrons. The van der Waals surface area contributed by atoms with Crippen LogP contribution in [0.1, 0.15) is 17.3 Å². The lowest BCUT2D eigenvalue weighted by atomic mass is 10.2. The van der Waals surface area contributed by atoms with Gasteiger partial charge in [-0.1, -0.05) is 0 Å². The molecule has 0 spiro atoms. The lowest BCUT2D eigenvalue weighted by Gasteiger charge is -2.09. The van der Waals surface area contributed by atoms with Crippen LogP contribution in [0.15, 0.2) is 12.1 Å². The summed E-state index contributed by atoms with van der Waals surface area (Å²) >= 11 is 4.15. The molecule has 0 heterocycles. The van der Waals surface area contributed by atoms with Crippen LogP contribution in [0.4, 0.5) is 0 Å².